The van der Waals surface area contributed by atoms with Crippen molar-refractivity contribution in [2.45, 2.75) is 11.8 Å². The number of anilines is 3. The number of halogens is 1. The van der Waals surface area contributed by atoms with Gasteiger partial charge in [-0.25, -0.2) is 0 Å². The minimum atomic E-state index is -4.77. The molecule has 3 aromatic rings. The van der Waals surface area contributed by atoms with Crippen molar-refractivity contribution in [2.24, 2.45) is 0 Å². The van der Waals surface area contributed by atoms with Gasteiger partial charge in [0.1, 0.15) is 4.90 Å². The molecular weight excluding hydrogens is 428 g/mol. The van der Waals surface area contributed by atoms with E-state index in [1.165, 1.54) is 12.1 Å². The van der Waals surface area contributed by atoms with Gasteiger partial charge in [0, 0.05) is 21.8 Å². The van der Waals surface area contributed by atoms with Crippen LogP contribution in [0.5, 0.6) is 0 Å². The molecule has 9 heteroatoms. The molecule has 0 saturated carbocycles. The lowest BCUT2D eigenvalue weighted by Crippen LogP contribution is -2.25. The Hall–Kier alpha value is -3.20. The van der Waals surface area contributed by atoms with E-state index in [2.05, 4.69) is 5.32 Å². The van der Waals surface area contributed by atoms with Gasteiger partial charge in [-0.05, 0) is 36.8 Å². The molecular formula is C21H15ClN2O5S. The lowest BCUT2D eigenvalue weighted by atomic mass is 9.82. The molecule has 0 heterocycles. The van der Waals surface area contributed by atoms with E-state index in [0.29, 0.717) is 10.7 Å². The summed E-state index contributed by atoms with van der Waals surface area (Å²) in [5, 5.41) is 3.48. The Morgan fingerprint density at radius 3 is 2.10 bits per heavy atom. The summed E-state index contributed by atoms with van der Waals surface area (Å²) >= 11 is 5.98. The smallest absolute Gasteiger partial charge is 0.296 e. The van der Waals surface area contributed by atoms with Gasteiger partial charge in [0.25, 0.3) is 10.1 Å². The molecule has 0 unspecified atom stereocenters. The number of fused-ring (bicyclic) bond motifs is 2. The number of rotatable bonds is 3. The maximum Gasteiger partial charge on any atom is 0.296 e. The van der Waals surface area contributed by atoms with Crippen LogP contribution in [0, 0.1) is 6.92 Å². The molecule has 152 valence electrons. The highest BCUT2D eigenvalue weighted by Crippen LogP contribution is 2.40. The fraction of sp³-hybridized carbons (Fsp3) is 0.0476. The first kappa shape index (κ1) is 20.1. The maximum absolute atomic E-state index is 13.2. The van der Waals surface area contributed by atoms with Crippen LogP contribution in [0.3, 0.4) is 0 Å². The number of aryl methyl sites for hydroxylation is 1. The molecule has 7 nitrogen and oxygen atoms in total. The highest BCUT2D eigenvalue weighted by Gasteiger charge is 2.36. The predicted octanol–water partition coefficient (Wildman–Crippen LogP) is 4.00. The second-order valence-electron chi connectivity index (χ2n) is 6.85. The van der Waals surface area contributed by atoms with E-state index in [0.717, 1.165) is 11.6 Å². The number of carbonyl (C=O) groups excluding carboxylic acids is 2. The zero-order valence-electron chi connectivity index (χ0n) is 15.6. The molecule has 0 aliphatic heterocycles. The summed E-state index contributed by atoms with van der Waals surface area (Å²) in [5.41, 5.74) is 6.75. The van der Waals surface area contributed by atoms with E-state index in [-0.39, 0.29) is 27.9 Å². The van der Waals surface area contributed by atoms with Crippen molar-refractivity contribution < 1.29 is 22.6 Å². The molecule has 0 radical (unpaired) electrons. The van der Waals surface area contributed by atoms with Crippen LogP contribution >= 0.6 is 11.6 Å². The highest BCUT2D eigenvalue weighted by molar-refractivity contribution is 7.86. The largest absolute Gasteiger partial charge is 0.397 e. The minimum absolute atomic E-state index is 0.0325. The third-order valence-corrected chi connectivity index (χ3v) is 6.06. The third kappa shape index (κ3) is 3.15. The summed E-state index contributed by atoms with van der Waals surface area (Å²) in [6.07, 6.45) is 0. The maximum atomic E-state index is 13.2. The molecule has 1 aliphatic rings. The van der Waals surface area contributed by atoms with Gasteiger partial charge in [0.05, 0.1) is 22.5 Å². The number of nitrogen functional groups attached to an aromatic ring is 1. The summed E-state index contributed by atoms with van der Waals surface area (Å²) in [5.74, 6) is -1.08. The first-order valence-corrected chi connectivity index (χ1v) is 10.6. The number of hydrogen-bond donors (Lipinski definition) is 3. The van der Waals surface area contributed by atoms with E-state index < -0.39 is 32.3 Å². The van der Waals surface area contributed by atoms with Crippen molar-refractivity contribution in [3.8, 4) is 0 Å². The fourth-order valence-corrected chi connectivity index (χ4v) is 4.39. The van der Waals surface area contributed by atoms with Crippen molar-refractivity contribution in [1.29, 1.82) is 0 Å². The van der Waals surface area contributed by atoms with Gasteiger partial charge in [-0.3, -0.25) is 14.1 Å². The zero-order valence-corrected chi connectivity index (χ0v) is 17.1. The Bertz CT molecular complexity index is 1370. The number of nitrogens with two attached hydrogens (primary N) is 1. The van der Waals surface area contributed by atoms with Crippen molar-refractivity contribution in [1.82, 2.24) is 0 Å². The quantitative estimate of drug-likeness (QED) is 0.323. The minimum Gasteiger partial charge on any atom is -0.397 e. The Balaban J connectivity index is 2.03. The molecule has 30 heavy (non-hydrogen) atoms. The Labute approximate surface area is 177 Å². The Kier molecular flexibility index (Phi) is 4.65. The van der Waals surface area contributed by atoms with Crippen LogP contribution < -0.4 is 11.1 Å². The van der Waals surface area contributed by atoms with E-state index in [4.69, 9.17) is 17.3 Å². The number of benzene rings is 3. The second-order valence-corrected chi connectivity index (χ2v) is 8.68. The van der Waals surface area contributed by atoms with Crippen LogP contribution in [0.2, 0.25) is 5.02 Å². The Morgan fingerprint density at radius 1 is 0.933 bits per heavy atom. The van der Waals surface area contributed by atoms with Gasteiger partial charge in [-0.2, -0.15) is 8.42 Å². The molecule has 0 bridgehead atoms. The molecule has 0 fully saturated rings. The second kappa shape index (κ2) is 6.94. The average molecular weight is 443 g/mol. The van der Waals surface area contributed by atoms with Crippen LogP contribution in [0.25, 0.3) is 0 Å². The van der Waals surface area contributed by atoms with Crippen molar-refractivity contribution in [3.05, 3.63) is 81.4 Å². The summed E-state index contributed by atoms with van der Waals surface area (Å²) in [4.78, 5) is 25.7. The van der Waals surface area contributed by atoms with E-state index in [9.17, 15) is 22.6 Å². The first-order valence-electron chi connectivity index (χ1n) is 8.75. The molecule has 0 saturated heterocycles. The van der Waals surface area contributed by atoms with Crippen LogP contribution in [0.15, 0.2) is 53.4 Å². The van der Waals surface area contributed by atoms with Gasteiger partial charge < -0.3 is 11.1 Å². The van der Waals surface area contributed by atoms with Gasteiger partial charge in [-0.15, -0.1) is 0 Å². The monoisotopic (exact) mass is 442 g/mol. The molecule has 1 aliphatic carbocycles. The van der Waals surface area contributed by atoms with Crippen molar-refractivity contribution in [3.63, 3.8) is 0 Å². The lowest BCUT2D eigenvalue weighted by Gasteiger charge is -2.24. The molecule has 0 amide bonds. The average Bonchev–Trinajstić information content (AvgIpc) is 2.68. The lowest BCUT2D eigenvalue weighted by molar-refractivity contribution is 0.0980. The standard InChI is InChI=1S/C21H15ClN2O5S/c1-10-8-11(22)6-7-14(10)24-15-9-16(30(27,28)29)19(23)18-17(15)20(25)12-4-2-3-5-13(12)21(18)26/h2-9,24H,23H2,1H3,(H,27,28,29). The SMILES string of the molecule is Cc1cc(Cl)ccc1Nc1cc(S(=O)(=O)O)c(N)c2c1C(=O)c1ccccc1C2=O. The Morgan fingerprint density at radius 2 is 1.53 bits per heavy atom. The molecule has 0 atom stereocenters. The molecule has 0 aromatic heterocycles. The van der Waals surface area contributed by atoms with E-state index >= 15 is 0 Å². The molecule has 4 N–H and O–H groups in total. The summed E-state index contributed by atoms with van der Waals surface area (Å²) < 4.78 is 33.5. The molecule has 4 rings (SSSR count). The number of ketones is 2. The topological polar surface area (TPSA) is 127 Å². The van der Waals surface area contributed by atoms with Gasteiger partial charge >= 0.3 is 0 Å². The predicted molar refractivity (Wildman–Crippen MR) is 113 cm³/mol. The fourth-order valence-electron chi connectivity index (χ4n) is 3.52. The van der Waals surface area contributed by atoms with Gasteiger partial charge in [0.15, 0.2) is 11.6 Å². The first-order chi connectivity index (χ1) is 14.1. The van der Waals surface area contributed by atoms with Crippen molar-refractivity contribution in [2.75, 3.05) is 11.1 Å². The third-order valence-electron chi connectivity index (χ3n) is 4.94. The van der Waals surface area contributed by atoms with E-state index in [1.54, 1.807) is 37.3 Å². The van der Waals surface area contributed by atoms with Gasteiger partial charge in [-0.1, -0.05) is 35.9 Å². The highest BCUT2D eigenvalue weighted by atomic mass is 35.5. The van der Waals surface area contributed by atoms with Crippen molar-refractivity contribution >= 4 is 50.3 Å². The summed E-state index contributed by atoms with van der Waals surface area (Å²) in [6, 6.07) is 12.2. The van der Waals surface area contributed by atoms with Crippen LogP contribution in [0.4, 0.5) is 17.1 Å². The van der Waals surface area contributed by atoms with Crippen LogP contribution in [-0.4, -0.2) is 24.5 Å². The number of hydrogen-bond acceptors (Lipinski definition) is 6. The normalized spacial score (nSPS) is 13.0. The number of carbonyl (C=O) groups is 2. The van der Waals surface area contributed by atoms with Crippen LogP contribution in [0.1, 0.15) is 37.4 Å². The zero-order chi connectivity index (χ0) is 21.8. The van der Waals surface area contributed by atoms with Gasteiger partial charge in [0.2, 0.25) is 0 Å². The summed E-state index contributed by atoms with van der Waals surface area (Å²) in [6.45, 7) is 1.77. The van der Waals surface area contributed by atoms with Crippen LogP contribution in [-0.2, 0) is 10.1 Å². The molecule has 0 spiro atoms. The molecule has 3 aromatic carbocycles. The van der Waals surface area contributed by atoms with E-state index in [1.807, 2.05) is 0 Å². The summed E-state index contributed by atoms with van der Waals surface area (Å²) in [7, 11) is -4.77. The number of nitrogens with one attached hydrogen (secondary N) is 1.